The molecule has 31 nitrogen and oxygen atoms in total. The number of fused-ring (bicyclic) bond motifs is 2. The number of ether oxygens (including phenoxy) is 3. The Balaban J connectivity index is 0.00000134. The van der Waals surface area contributed by atoms with Crippen LogP contribution in [0.2, 0.25) is 30.3 Å². The molecular formula is C77H83Cl6K2N17O14. The van der Waals surface area contributed by atoms with Gasteiger partial charge in [0.2, 0.25) is 22.6 Å². The van der Waals surface area contributed by atoms with Crippen LogP contribution in [-0.2, 0) is 33.5 Å². The summed E-state index contributed by atoms with van der Waals surface area (Å²) in [6.45, 7) is 5.49. The Morgan fingerprint density at radius 2 is 0.862 bits per heavy atom. The van der Waals surface area contributed by atoms with E-state index in [-0.39, 0.29) is 193 Å². The van der Waals surface area contributed by atoms with Gasteiger partial charge < -0.3 is 58.9 Å². The van der Waals surface area contributed by atoms with Gasteiger partial charge in [-0.25, -0.2) is 49.3 Å². The predicted molar refractivity (Wildman–Crippen MR) is 444 cm³/mol. The van der Waals surface area contributed by atoms with Crippen molar-refractivity contribution in [3.05, 3.63) is 275 Å². The van der Waals surface area contributed by atoms with E-state index in [1.165, 1.54) is 49.5 Å². The van der Waals surface area contributed by atoms with E-state index in [2.05, 4.69) is 65.2 Å². The van der Waals surface area contributed by atoms with Gasteiger partial charge in [-0.3, -0.25) is 39.0 Å². The van der Waals surface area contributed by atoms with Gasteiger partial charge in [-0.05, 0) is 216 Å². The quantitative estimate of drug-likeness (QED) is 0.00530. The van der Waals surface area contributed by atoms with Crippen molar-refractivity contribution in [2.75, 3.05) is 41.9 Å². The molecule has 0 spiro atoms. The summed E-state index contributed by atoms with van der Waals surface area (Å²) in [4.78, 5) is 106. The Bertz CT molecular complexity index is 4980. The van der Waals surface area contributed by atoms with Crippen LogP contribution in [0.25, 0.3) is 33.7 Å². The summed E-state index contributed by atoms with van der Waals surface area (Å²) < 4.78 is 17.2. The summed E-state index contributed by atoms with van der Waals surface area (Å²) in [5.41, 5.74) is 23.2. The van der Waals surface area contributed by atoms with Gasteiger partial charge >= 0.3 is 132 Å². The molecule has 0 unspecified atom stereocenters. The number of hydrogen-bond donors (Lipinski definition) is 6. The van der Waals surface area contributed by atoms with Crippen molar-refractivity contribution >= 4 is 168 Å². The van der Waals surface area contributed by atoms with E-state index in [0.29, 0.717) is 71.5 Å². The Labute approximate surface area is 785 Å². The number of anilines is 6. The van der Waals surface area contributed by atoms with Crippen LogP contribution in [-0.4, -0.2) is 116 Å². The first kappa shape index (κ1) is 105. The minimum Gasteiger partial charge on any atom is -1.00 e. The van der Waals surface area contributed by atoms with Crippen LogP contribution in [0.1, 0.15) is 91.4 Å². The molecule has 39 heteroatoms. The van der Waals surface area contributed by atoms with Crippen LogP contribution < -0.4 is 141 Å². The Kier molecular flexibility index (Phi) is 51.1. The molecule has 2 aliphatic rings. The van der Waals surface area contributed by atoms with Crippen LogP contribution in [0.4, 0.5) is 45.8 Å². The number of nitrogen functional groups attached to an aromatic ring is 2. The maximum Gasteiger partial charge on any atom is 1.00 e. The molecule has 7 heterocycles. The molecule has 0 radical (unpaired) electrons. The molecule has 2 saturated carbocycles. The molecule has 2 fully saturated rings. The van der Waals surface area contributed by atoms with Crippen molar-refractivity contribution in [2.24, 2.45) is 5.73 Å². The van der Waals surface area contributed by atoms with Crippen LogP contribution >= 0.6 is 69.6 Å². The monoisotopic (exact) mass is 1760 g/mol. The summed E-state index contributed by atoms with van der Waals surface area (Å²) in [5, 5.41) is 41.5. The number of imidazole rings is 2. The number of nitrogens with zero attached hydrogens (tertiary/aromatic N) is 11. The number of nitrogens with one attached hydrogen (secondary N) is 3. The van der Waals surface area contributed by atoms with Crippen LogP contribution in [0.15, 0.2) is 213 Å². The SMILES string of the molecule is C.C.C.CCOC(=O)C(=O)OCC.CCOC(=O)c1nc2cccnc2n1-c1ccc(Cl)cc1.NC1CC1.Nc1ccc(Cl)cc1.Nc1cccnc1Nc1ccc(Cl)cc1.O=C(NC1CC1)c1nc2cccnc2n1-c1ccc(Cl)cc1.O=CO[O-].O=[N+]([O-])c1cccnc1Cl.O=[N+]([O-])c1cccnc1Nc1ccc(Cl)cc1.[H-].[K+].[K+]. The van der Waals surface area contributed by atoms with E-state index in [1.807, 2.05) is 48.5 Å². The van der Waals surface area contributed by atoms with E-state index in [4.69, 9.17) is 102 Å². The van der Waals surface area contributed by atoms with Gasteiger partial charge in [0.25, 0.3) is 12.4 Å². The number of nitro groups is 2. The molecule has 1 amide bonds. The van der Waals surface area contributed by atoms with Gasteiger partial charge in [0.1, 0.15) is 11.0 Å². The molecule has 14 rings (SSSR count). The summed E-state index contributed by atoms with van der Waals surface area (Å²) >= 11 is 34.3. The van der Waals surface area contributed by atoms with Gasteiger partial charge in [-0.1, -0.05) is 91.9 Å². The fraction of sp³-hybridized carbons (Fsp3) is 0.195. The van der Waals surface area contributed by atoms with Crippen molar-refractivity contribution in [1.82, 2.24) is 49.3 Å². The topological polar surface area (TPSA) is 446 Å². The van der Waals surface area contributed by atoms with Gasteiger partial charge in [0.05, 0.1) is 35.4 Å². The first-order valence-electron chi connectivity index (χ1n) is 33.0. The average molecular weight is 1760 g/mol. The van der Waals surface area contributed by atoms with E-state index in [9.17, 15) is 39.4 Å². The fourth-order valence-corrected chi connectivity index (χ4v) is 9.23. The molecule has 604 valence electrons. The second-order valence-corrected chi connectivity index (χ2v) is 24.6. The van der Waals surface area contributed by atoms with Crippen LogP contribution in [0, 0.1) is 20.2 Å². The minimum absolute atomic E-state index is 0. The van der Waals surface area contributed by atoms with Gasteiger partial charge in [0.15, 0.2) is 17.1 Å². The summed E-state index contributed by atoms with van der Waals surface area (Å²) in [6.07, 6.45) is 12.5. The van der Waals surface area contributed by atoms with Crippen LogP contribution in [0.3, 0.4) is 0 Å². The third-order valence-electron chi connectivity index (χ3n) is 13.8. The molecule has 7 aromatic heterocycles. The minimum atomic E-state index is -0.927. The third kappa shape index (κ3) is 36.7. The average Bonchev–Trinajstić information content (AvgIpc) is 1.64. The number of nitrogens with two attached hydrogens (primary N) is 3. The Hall–Kier alpha value is -8.93. The van der Waals surface area contributed by atoms with Gasteiger partial charge in [-0.15, -0.1) is 0 Å². The normalized spacial score (nSPS) is 10.6. The van der Waals surface area contributed by atoms with Gasteiger partial charge in [-0.2, -0.15) is 0 Å². The summed E-state index contributed by atoms with van der Waals surface area (Å²) in [6, 6.07) is 53.0. The van der Waals surface area contributed by atoms with Crippen LogP contribution in [0.5, 0.6) is 0 Å². The molecule has 0 bridgehead atoms. The molecule has 0 atom stereocenters. The molecule has 0 aliphatic heterocycles. The molecule has 5 aromatic carbocycles. The largest absolute Gasteiger partial charge is 1.00 e. The smallest absolute Gasteiger partial charge is 1.00 e. The number of carbonyl (C=O) groups excluding carboxylic acids is 5. The van der Waals surface area contributed by atoms with Crippen molar-refractivity contribution in [3.8, 4) is 11.4 Å². The molecule has 9 N–H and O–H groups in total. The molecule has 116 heavy (non-hydrogen) atoms. The van der Waals surface area contributed by atoms with E-state index >= 15 is 0 Å². The molecular weight excluding hydrogens is 1680 g/mol. The zero-order valence-corrected chi connectivity index (χ0v) is 71.8. The number of rotatable bonds is 15. The maximum absolute atomic E-state index is 12.5. The first-order valence-corrected chi connectivity index (χ1v) is 35.2. The zero-order chi connectivity index (χ0) is 80.8. The second kappa shape index (κ2) is 56.4. The maximum atomic E-state index is 12.5. The molecule has 12 aromatic rings. The molecule has 2 aliphatic carbocycles. The first-order chi connectivity index (χ1) is 53.4. The number of halogens is 6. The number of esters is 3. The number of carbonyl (C=O) groups is 5. The second-order valence-electron chi connectivity index (χ2n) is 22.1. The van der Waals surface area contributed by atoms with Crippen molar-refractivity contribution in [3.63, 3.8) is 0 Å². The standard InChI is InChI=1S/C16H13ClN4O.C15H12ClN3O2.C11H8ClN3O2.C11H10ClN3.C6H6ClN.C6H10O4.C5H3ClN2O2.C3H7N.CH2O3.3CH4.2K.H/c17-10-3-7-12(8-4-10)21-14-13(2-1-9-18-14)20-15(21)16(22)19-11-5-6-11;1-2-21-15(20)14-18-12-4-3-9-17-13(12)19(14)11-7-5-10(16)6-8-11;12-8-3-5-9(6-4-8)14-11-10(15(16)17)2-1-7-13-11;12-8-3-5-9(6-4-8)15-11-10(13)2-1-7-14-11;7-5-1-3-6(8)4-2-5;1-3-9-5(7)6(8)10-4-2;6-5-4(8(9)10)2-1-3-7-5;4-3-1-2-3;2-1-4-3;;;;;;/h1-4,7-9,11H,5-6H2,(H,19,22);3-9H,2H2,1H3;1-7H,(H,13,14);1-7H,13H2,(H,14,15);1-4H,8H2;3-4H2,1-2H3;1-3H;3H,1-2,4H2;1,3H;3*1H4;;;/q;;;;;;;;;;;;2*+1;-1/p-1. The van der Waals surface area contributed by atoms with Crippen molar-refractivity contribution in [2.45, 2.75) is 80.8 Å². The molecule has 0 saturated heterocycles. The number of aromatic nitrogens is 9. The van der Waals surface area contributed by atoms with E-state index < -0.39 is 27.8 Å². The number of amides is 1. The van der Waals surface area contributed by atoms with Crippen molar-refractivity contribution < 1.29 is 162 Å². The van der Waals surface area contributed by atoms with Gasteiger partial charge in [0, 0.05) is 109 Å². The van der Waals surface area contributed by atoms with Crippen molar-refractivity contribution in [1.29, 1.82) is 0 Å². The van der Waals surface area contributed by atoms with E-state index in [1.54, 1.807) is 158 Å². The zero-order valence-electron chi connectivity index (χ0n) is 62.0. The number of hydrogen-bond acceptors (Lipinski definition) is 26. The summed E-state index contributed by atoms with van der Waals surface area (Å²) in [5.74, 6) is -1.09. The fourth-order valence-electron chi connectivity index (χ4n) is 8.41. The number of benzene rings is 5. The number of pyridine rings is 5. The predicted octanol–water partition coefficient (Wildman–Crippen LogP) is 10.9. The Morgan fingerprint density at radius 3 is 1.23 bits per heavy atom. The Morgan fingerprint density at radius 1 is 0.509 bits per heavy atom. The third-order valence-corrected chi connectivity index (χ3v) is 15.3. The summed E-state index contributed by atoms with van der Waals surface area (Å²) in [7, 11) is 0. The van der Waals surface area contributed by atoms with E-state index in [0.717, 1.165) is 40.6 Å².